The molecule has 0 bridgehead atoms. The van der Waals surface area contributed by atoms with Crippen LogP contribution in [0.4, 0.5) is 0 Å². The molecule has 8 nitrogen and oxygen atoms in total. The lowest BCUT2D eigenvalue weighted by Crippen LogP contribution is -2.51. The number of nitrogens with one attached hydrogen (secondary N) is 2. The fourth-order valence-electron chi connectivity index (χ4n) is 3.22. The topological polar surface area (TPSA) is 111 Å². The van der Waals surface area contributed by atoms with E-state index in [0.29, 0.717) is 12.8 Å². The first-order chi connectivity index (χ1) is 14.0. The first kappa shape index (κ1) is 28.9. The molecule has 0 rings (SSSR count). The van der Waals surface area contributed by atoms with E-state index in [9.17, 15) is 19.2 Å². The number of methoxy groups -OCH3 is 2. The Morgan fingerprint density at radius 2 is 1.19 bits per heavy atom. The Hall–Kier alpha value is -2.12. The highest BCUT2D eigenvalue weighted by atomic mass is 16.5. The Balaban J connectivity index is 5.29. The van der Waals surface area contributed by atoms with Crippen LogP contribution >= 0.6 is 0 Å². The number of esters is 2. The average molecular weight is 443 g/mol. The van der Waals surface area contributed by atoms with Gasteiger partial charge in [0.1, 0.15) is 12.1 Å². The molecule has 0 aromatic carbocycles. The summed E-state index contributed by atoms with van der Waals surface area (Å²) >= 11 is 0. The van der Waals surface area contributed by atoms with Crippen LogP contribution in [-0.2, 0) is 28.7 Å². The third-order valence-electron chi connectivity index (χ3n) is 5.04. The predicted octanol–water partition coefficient (Wildman–Crippen LogP) is 2.84. The van der Waals surface area contributed by atoms with Crippen LogP contribution in [0.5, 0.6) is 0 Å². The van der Waals surface area contributed by atoms with Gasteiger partial charge < -0.3 is 20.1 Å². The van der Waals surface area contributed by atoms with Gasteiger partial charge in [0.15, 0.2) is 0 Å². The Morgan fingerprint density at radius 3 is 1.55 bits per heavy atom. The zero-order chi connectivity index (χ0) is 24.6. The SMILES string of the molecule is COC(=O)[C@@H](NC(=O)CCC(CC(C)C)C(=O)N[C@H](C(=O)OC)C(C)(C)C)C(C)(C)C. The number of hydrogen-bond donors (Lipinski definition) is 2. The first-order valence-electron chi connectivity index (χ1n) is 10.8. The van der Waals surface area contributed by atoms with E-state index < -0.39 is 40.8 Å². The highest BCUT2D eigenvalue weighted by Gasteiger charge is 2.36. The summed E-state index contributed by atoms with van der Waals surface area (Å²) < 4.78 is 9.65. The van der Waals surface area contributed by atoms with E-state index >= 15 is 0 Å². The molecule has 0 saturated carbocycles. The zero-order valence-corrected chi connectivity index (χ0v) is 20.9. The molecular weight excluding hydrogens is 400 g/mol. The molecule has 0 spiro atoms. The van der Waals surface area contributed by atoms with Crippen LogP contribution in [0.25, 0.3) is 0 Å². The normalized spacial score (nSPS) is 14.9. The van der Waals surface area contributed by atoms with Crippen molar-refractivity contribution in [2.75, 3.05) is 14.2 Å². The molecule has 0 fully saturated rings. The van der Waals surface area contributed by atoms with Gasteiger partial charge in [-0.3, -0.25) is 9.59 Å². The largest absolute Gasteiger partial charge is 0.467 e. The smallest absolute Gasteiger partial charge is 0.328 e. The number of carbonyl (C=O) groups is 4. The summed E-state index contributed by atoms with van der Waals surface area (Å²) in [5, 5.41) is 5.54. The van der Waals surface area contributed by atoms with E-state index in [0.717, 1.165) is 0 Å². The van der Waals surface area contributed by atoms with Crippen molar-refractivity contribution in [3.05, 3.63) is 0 Å². The van der Waals surface area contributed by atoms with Crippen LogP contribution in [0.1, 0.15) is 74.7 Å². The summed E-state index contributed by atoms with van der Waals surface area (Å²) in [6.07, 6.45) is 0.940. The van der Waals surface area contributed by atoms with Crippen molar-refractivity contribution in [1.82, 2.24) is 10.6 Å². The zero-order valence-electron chi connectivity index (χ0n) is 20.9. The van der Waals surface area contributed by atoms with E-state index in [-0.39, 0.29) is 24.2 Å². The molecule has 0 aliphatic carbocycles. The summed E-state index contributed by atoms with van der Waals surface area (Å²) in [5.74, 6) is -1.86. The highest BCUT2D eigenvalue weighted by molar-refractivity contribution is 5.87. The number of rotatable bonds is 10. The third kappa shape index (κ3) is 10.2. The molecule has 0 radical (unpaired) electrons. The molecule has 2 amide bonds. The van der Waals surface area contributed by atoms with Crippen molar-refractivity contribution >= 4 is 23.8 Å². The summed E-state index contributed by atoms with van der Waals surface area (Å²) in [6, 6.07) is -1.58. The molecule has 0 aromatic rings. The van der Waals surface area contributed by atoms with Crippen molar-refractivity contribution in [2.24, 2.45) is 22.7 Å². The molecule has 0 aliphatic heterocycles. The van der Waals surface area contributed by atoms with E-state index in [1.165, 1.54) is 14.2 Å². The molecule has 8 heteroatoms. The minimum Gasteiger partial charge on any atom is -0.467 e. The second-order valence-electron chi connectivity index (χ2n) is 10.6. The monoisotopic (exact) mass is 442 g/mol. The Morgan fingerprint density at radius 1 is 0.774 bits per heavy atom. The summed E-state index contributed by atoms with van der Waals surface area (Å²) in [7, 11) is 2.57. The fraction of sp³-hybridized carbons (Fsp3) is 0.826. The molecule has 3 atom stereocenters. The molecular formula is C23H42N2O6. The minimum absolute atomic E-state index is 0.0762. The van der Waals surface area contributed by atoms with E-state index in [4.69, 9.17) is 9.47 Å². The minimum atomic E-state index is -0.793. The van der Waals surface area contributed by atoms with Crippen LogP contribution in [0.2, 0.25) is 0 Å². The van der Waals surface area contributed by atoms with Crippen molar-refractivity contribution in [1.29, 1.82) is 0 Å². The molecule has 180 valence electrons. The van der Waals surface area contributed by atoms with Gasteiger partial charge in [0, 0.05) is 12.3 Å². The maximum Gasteiger partial charge on any atom is 0.328 e. The first-order valence-corrected chi connectivity index (χ1v) is 10.8. The second-order valence-corrected chi connectivity index (χ2v) is 10.6. The number of amides is 2. The van der Waals surface area contributed by atoms with Gasteiger partial charge in [0.05, 0.1) is 14.2 Å². The summed E-state index contributed by atoms with van der Waals surface area (Å²) in [4.78, 5) is 49.7. The van der Waals surface area contributed by atoms with E-state index in [2.05, 4.69) is 10.6 Å². The number of hydrogen-bond acceptors (Lipinski definition) is 6. The van der Waals surface area contributed by atoms with Gasteiger partial charge in [-0.2, -0.15) is 0 Å². The quantitative estimate of drug-likeness (QED) is 0.503. The maximum absolute atomic E-state index is 13.0. The lowest BCUT2D eigenvalue weighted by molar-refractivity contribution is -0.149. The third-order valence-corrected chi connectivity index (χ3v) is 5.04. The molecule has 0 aliphatic rings. The highest BCUT2D eigenvalue weighted by Crippen LogP contribution is 2.24. The van der Waals surface area contributed by atoms with Crippen LogP contribution in [0.3, 0.4) is 0 Å². The average Bonchev–Trinajstić information content (AvgIpc) is 2.63. The van der Waals surface area contributed by atoms with Gasteiger partial charge in [-0.1, -0.05) is 55.4 Å². The van der Waals surface area contributed by atoms with Crippen LogP contribution in [0, 0.1) is 22.7 Å². The molecule has 0 aromatic heterocycles. The second kappa shape index (κ2) is 12.1. The van der Waals surface area contributed by atoms with Gasteiger partial charge in [0.25, 0.3) is 0 Å². The Labute approximate surface area is 187 Å². The van der Waals surface area contributed by atoms with Crippen LogP contribution in [-0.4, -0.2) is 50.1 Å². The van der Waals surface area contributed by atoms with Gasteiger partial charge in [-0.05, 0) is 29.6 Å². The summed E-state index contributed by atoms with van der Waals surface area (Å²) in [6.45, 7) is 15.0. The van der Waals surface area contributed by atoms with Gasteiger partial charge in [0.2, 0.25) is 11.8 Å². The van der Waals surface area contributed by atoms with Gasteiger partial charge in [-0.25, -0.2) is 9.59 Å². The van der Waals surface area contributed by atoms with E-state index in [1.807, 2.05) is 55.4 Å². The Bertz CT molecular complexity index is 631. The molecule has 31 heavy (non-hydrogen) atoms. The van der Waals surface area contributed by atoms with Crippen LogP contribution in [0.15, 0.2) is 0 Å². The lowest BCUT2D eigenvalue weighted by Gasteiger charge is -2.31. The van der Waals surface area contributed by atoms with Gasteiger partial charge in [-0.15, -0.1) is 0 Å². The maximum atomic E-state index is 13.0. The Kier molecular flexibility index (Phi) is 11.2. The van der Waals surface area contributed by atoms with E-state index in [1.54, 1.807) is 0 Å². The lowest BCUT2D eigenvalue weighted by atomic mass is 9.85. The standard InChI is InChI=1S/C23H42N2O6/c1-14(2)13-15(19(27)25-18(21(29)31-10)23(6,7)8)11-12-16(26)24-17(20(28)30-9)22(3,4)5/h14-15,17-18H,11-13H2,1-10H3,(H,24,26)(H,25,27)/t15?,17-,18-/m1/s1. The van der Waals surface area contributed by atoms with Crippen molar-refractivity contribution in [2.45, 2.75) is 86.7 Å². The van der Waals surface area contributed by atoms with Crippen molar-refractivity contribution in [3.8, 4) is 0 Å². The summed E-state index contributed by atoms with van der Waals surface area (Å²) in [5.41, 5.74) is -1.04. The van der Waals surface area contributed by atoms with Crippen molar-refractivity contribution < 1.29 is 28.7 Å². The predicted molar refractivity (Wildman–Crippen MR) is 119 cm³/mol. The van der Waals surface area contributed by atoms with Crippen LogP contribution < -0.4 is 10.6 Å². The molecule has 1 unspecified atom stereocenters. The molecule has 2 N–H and O–H groups in total. The van der Waals surface area contributed by atoms with Crippen molar-refractivity contribution in [3.63, 3.8) is 0 Å². The molecule has 0 saturated heterocycles. The number of carbonyl (C=O) groups excluding carboxylic acids is 4. The molecule has 0 heterocycles. The fourth-order valence-corrected chi connectivity index (χ4v) is 3.22. The van der Waals surface area contributed by atoms with Gasteiger partial charge >= 0.3 is 11.9 Å². The number of ether oxygens (including phenoxy) is 2.